The van der Waals surface area contributed by atoms with Crippen molar-refractivity contribution in [1.29, 1.82) is 5.26 Å². The predicted octanol–water partition coefficient (Wildman–Crippen LogP) is 2.30. The van der Waals surface area contributed by atoms with Crippen molar-refractivity contribution in [2.75, 3.05) is 6.61 Å². The van der Waals surface area contributed by atoms with Crippen LogP contribution in [0.2, 0.25) is 0 Å². The van der Waals surface area contributed by atoms with Crippen LogP contribution in [0.1, 0.15) is 6.42 Å². The number of rotatable bonds is 6. The van der Waals surface area contributed by atoms with Gasteiger partial charge in [-0.15, -0.1) is 0 Å². The van der Waals surface area contributed by atoms with Crippen LogP contribution in [0.15, 0.2) is 49.1 Å². The molecular formula is C12H13NO2. The summed E-state index contributed by atoms with van der Waals surface area (Å²) >= 11 is 0. The summed E-state index contributed by atoms with van der Waals surface area (Å²) in [6, 6.07) is 1.62. The van der Waals surface area contributed by atoms with E-state index in [2.05, 4.69) is 19.7 Å². The van der Waals surface area contributed by atoms with E-state index in [1.165, 1.54) is 0 Å². The maximum Gasteiger partial charge on any atom is 0.348 e. The van der Waals surface area contributed by atoms with Crippen molar-refractivity contribution < 1.29 is 9.53 Å². The van der Waals surface area contributed by atoms with Gasteiger partial charge in [-0.2, -0.15) is 5.26 Å². The smallest absolute Gasteiger partial charge is 0.348 e. The molecule has 0 fully saturated rings. The highest BCUT2D eigenvalue weighted by Crippen LogP contribution is 2.04. The second-order valence-electron chi connectivity index (χ2n) is 2.66. The Morgan fingerprint density at radius 3 is 2.60 bits per heavy atom. The lowest BCUT2D eigenvalue weighted by atomic mass is 10.2. The predicted molar refractivity (Wildman–Crippen MR) is 58.8 cm³/mol. The molecular weight excluding hydrogens is 190 g/mol. The Balaban J connectivity index is 4.00. The third kappa shape index (κ3) is 5.27. The number of hydrogen-bond acceptors (Lipinski definition) is 3. The molecule has 0 saturated heterocycles. The fraction of sp³-hybridized carbons (Fsp3) is 0.167. The first-order valence-corrected chi connectivity index (χ1v) is 4.35. The molecule has 15 heavy (non-hydrogen) atoms. The van der Waals surface area contributed by atoms with E-state index in [-0.39, 0.29) is 12.2 Å². The molecule has 0 aromatic rings. The van der Waals surface area contributed by atoms with E-state index < -0.39 is 5.97 Å². The highest BCUT2D eigenvalue weighted by Gasteiger charge is 2.06. The molecule has 0 aliphatic carbocycles. The van der Waals surface area contributed by atoms with Crippen molar-refractivity contribution in [2.24, 2.45) is 0 Å². The molecule has 0 aromatic heterocycles. The summed E-state index contributed by atoms with van der Waals surface area (Å²) in [6.45, 7) is 10.6. The first-order valence-electron chi connectivity index (χ1n) is 4.35. The fourth-order valence-corrected chi connectivity index (χ4v) is 0.799. The van der Waals surface area contributed by atoms with Gasteiger partial charge in [-0.05, 0) is 5.57 Å². The number of ether oxygens (including phenoxy) is 1. The first kappa shape index (κ1) is 12.9. The Kier molecular flexibility index (Phi) is 6.32. The van der Waals surface area contributed by atoms with E-state index >= 15 is 0 Å². The van der Waals surface area contributed by atoms with Crippen molar-refractivity contribution in [3.8, 4) is 6.07 Å². The molecule has 0 amide bonds. The summed E-state index contributed by atoms with van der Waals surface area (Å²) in [5.41, 5.74) is 0.725. The van der Waals surface area contributed by atoms with Crippen molar-refractivity contribution in [3.63, 3.8) is 0 Å². The molecule has 3 heteroatoms. The number of hydrogen-bond donors (Lipinski definition) is 0. The van der Waals surface area contributed by atoms with Gasteiger partial charge in [0.1, 0.15) is 11.6 Å². The van der Waals surface area contributed by atoms with Crippen LogP contribution in [0, 0.1) is 11.3 Å². The Morgan fingerprint density at radius 1 is 1.47 bits per heavy atom. The van der Waals surface area contributed by atoms with Crippen LogP contribution in [0.5, 0.6) is 0 Å². The van der Waals surface area contributed by atoms with Gasteiger partial charge in [0.2, 0.25) is 0 Å². The van der Waals surface area contributed by atoms with Crippen LogP contribution >= 0.6 is 0 Å². The van der Waals surface area contributed by atoms with Crippen LogP contribution in [-0.2, 0) is 9.53 Å². The van der Waals surface area contributed by atoms with E-state index in [1.807, 2.05) is 0 Å². The van der Waals surface area contributed by atoms with Gasteiger partial charge in [0.15, 0.2) is 0 Å². The molecule has 0 aliphatic rings. The molecule has 0 unspecified atom stereocenters. The van der Waals surface area contributed by atoms with E-state index in [0.717, 1.165) is 5.57 Å². The average Bonchev–Trinajstić information content (AvgIpc) is 2.26. The summed E-state index contributed by atoms with van der Waals surface area (Å²) in [6.07, 6.45) is 5.61. The molecule has 0 rings (SSSR count). The SMILES string of the molecule is C=C/C=C(\C=C)CCOC(=O)C(=C)C#N. The minimum Gasteiger partial charge on any atom is -0.461 e. The third-order valence-corrected chi connectivity index (χ3v) is 1.60. The lowest BCUT2D eigenvalue weighted by Crippen LogP contribution is -2.07. The number of nitrogens with zero attached hydrogens (tertiary/aromatic N) is 1. The minimum atomic E-state index is -0.681. The summed E-state index contributed by atoms with van der Waals surface area (Å²) in [4.78, 5) is 11.0. The second kappa shape index (κ2) is 7.34. The van der Waals surface area contributed by atoms with Crippen molar-refractivity contribution in [3.05, 3.63) is 49.1 Å². The van der Waals surface area contributed by atoms with Crippen molar-refractivity contribution in [1.82, 2.24) is 0 Å². The summed E-state index contributed by atoms with van der Waals surface area (Å²) in [7, 11) is 0. The molecule has 0 aliphatic heterocycles. The van der Waals surface area contributed by atoms with Crippen LogP contribution < -0.4 is 0 Å². The van der Waals surface area contributed by atoms with Gasteiger partial charge in [0.05, 0.1) is 6.61 Å². The molecule has 0 radical (unpaired) electrons. The molecule has 0 N–H and O–H groups in total. The van der Waals surface area contributed by atoms with Crippen molar-refractivity contribution >= 4 is 5.97 Å². The summed E-state index contributed by atoms with van der Waals surface area (Å²) in [5, 5.41) is 8.35. The summed E-state index contributed by atoms with van der Waals surface area (Å²) in [5.74, 6) is -0.681. The lowest BCUT2D eigenvalue weighted by molar-refractivity contribution is -0.138. The Morgan fingerprint density at radius 2 is 2.13 bits per heavy atom. The van der Waals surface area contributed by atoms with E-state index in [0.29, 0.717) is 6.42 Å². The Bertz CT molecular complexity index is 345. The highest BCUT2D eigenvalue weighted by atomic mass is 16.5. The number of esters is 1. The third-order valence-electron chi connectivity index (χ3n) is 1.60. The molecule has 0 spiro atoms. The molecule has 0 heterocycles. The minimum absolute atomic E-state index is 0.192. The standard InChI is InChI=1S/C12H13NO2/c1-4-6-11(5-2)7-8-15-12(14)10(3)9-13/h4-6H,1-3,7-8H2/b11-6+. The van der Waals surface area contributed by atoms with E-state index in [9.17, 15) is 4.79 Å². The molecule has 0 saturated carbocycles. The fourth-order valence-electron chi connectivity index (χ4n) is 0.799. The van der Waals surface area contributed by atoms with Gasteiger partial charge in [0.25, 0.3) is 0 Å². The first-order chi connectivity index (χ1) is 7.15. The zero-order valence-electron chi connectivity index (χ0n) is 8.53. The van der Waals surface area contributed by atoms with Gasteiger partial charge in [-0.1, -0.05) is 38.0 Å². The normalized spacial score (nSPS) is 9.93. The quantitative estimate of drug-likeness (QED) is 0.288. The Labute approximate surface area is 89.7 Å². The lowest BCUT2D eigenvalue weighted by Gasteiger charge is -2.03. The van der Waals surface area contributed by atoms with Gasteiger partial charge in [0, 0.05) is 6.42 Å². The maximum atomic E-state index is 11.0. The number of allylic oxidation sites excluding steroid dienone is 3. The molecule has 0 aromatic carbocycles. The van der Waals surface area contributed by atoms with Gasteiger partial charge in [-0.3, -0.25) is 0 Å². The van der Waals surface area contributed by atoms with Gasteiger partial charge >= 0.3 is 5.97 Å². The summed E-state index contributed by atoms with van der Waals surface area (Å²) < 4.78 is 4.79. The van der Waals surface area contributed by atoms with Crippen LogP contribution in [0.4, 0.5) is 0 Å². The highest BCUT2D eigenvalue weighted by molar-refractivity contribution is 5.91. The molecule has 0 bridgehead atoms. The van der Waals surface area contributed by atoms with E-state index in [4.69, 9.17) is 10.00 Å². The number of carbonyl (C=O) groups is 1. The van der Waals surface area contributed by atoms with E-state index in [1.54, 1.807) is 24.3 Å². The zero-order chi connectivity index (χ0) is 11.7. The topological polar surface area (TPSA) is 50.1 Å². The maximum absolute atomic E-state index is 11.0. The molecule has 78 valence electrons. The molecule has 3 nitrogen and oxygen atoms in total. The number of nitriles is 1. The van der Waals surface area contributed by atoms with Crippen LogP contribution in [-0.4, -0.2) is 12.6 Å². The monoisotopic (exact) mass is 203 g/mol. The van der Waals surface area contributed by atoms with Gasteiger partial charge < -0.3 is 4.74 Å². The largest absolute Gasteiger partial charge is 0.461 e. The van der Waals surface area contributed by atoms with Crippen molar-refractivity contribution in [2.45, 2.75) is 6.42 Å². The number of carbonyl (C=O) groups excluding carboxylic acids is 1. The second-order valence-corrected chi connectivity index (χ2v) is 2.66. The van der Waals surface area contributed by atoms with Crippen LogP contribution in [0.25, 0.3) is 0 Å². The van der Waals surface area contributed by atoms with Gasteiger partial charge in [-0.25, -0.2) is 4.79 Å². The average molecular weight is 203 g/mol. The zero-order valence-corrected chi connectivity index (χ0v) is 8.53. The molecule has 0 atom stereocenters. The Hall–Kier alpha value is -2.08. The van der Waals surface area contributed by atoms with Crippen LogP contribution in [0.3, 0.4) is 0 Å².